The van der Waals surface area contributed by atoms with E-state index in [1.165, 1.54) is 10.8 Å². The number of thioether (sulfide) groups is 1. The van der Waals surface area contributed by atoms with Crippen LogP contribution < -0.4 is 0 Å². The fourth-order valence-electron chi connectivity index (χ4n) is 3.22. The Morgan fingerprint density at radius 2 is 1.58 bits per heavy atom. The molecule has 1 heterocycles. The Hall–Kier alpha value is -2.30. The van der Waals surface area contributed by atoms with Crippen molar-refractivity contribution in [3.05, 3.63) is 78.4 Å². The van der Waals surface area contributed by atoms with Crippen LogP contribution in [0, 0.1) is 0 Å². The first-order valence-electron chi connectivity index (χ1n) is 8.88. The van der Waals surface area contributed by atoms with Gasteiger partial charge in [-0.2, -0.15) is 0 Å². The third-order valence-corrected chi connectivity index (χ3v) is 5.86. The molecule has 0 bridgehead atoms. The second-order valence-corrected chi connectivity index (χ2v) is 7.53. The molecule has 0 saturated carbocycles. The molecule has 0 radical (unpaired) electrons. The summed E-state index contributed by atoms with van der Waals surface area (Å²) < 4.78 is 5.40. The Labute approximate surface area is 158 Å². The molecule has 1 aliphatic heterocycles. The average molecular weight is 363 g/mol. The molecule has 0 aliphatic carbocycles. The van der Waals surface area contributed by atoms with Gasteiger partial charge in [0, 0.05) is 18.0 Å². The fourth-order valence-corrected chi connectivity index (χ4v) is 4.37. The van der Waals surface area contributed by atoms with Gasteiger partial charge in [-0.1, -0.05) is 60.7 Å². The van der Waals surface area contributed by atoms with Crippen molar-refractivity contribution in [1.29, 1.82) is 0 Å². The molecule has 132 valence electrons. The number of carbonyl (C=O) groups is 1. The molecule has 1 saturated heterocycles. The highest BCUT2D eigenvalue weighted by molar-refractivity contribution is 8.00. The van der Waals surface area contributed by atoms with E-state index in [1.54, 1.807) is 11.8 Å². The van der Waals surface area contributed by atoms with Crippen LogP contribution in [0.3, 0.4) is 0 Å². The number of fused-ring (bicyclic) bond motifs is 1. The van der Waals surface area contributed by atoms with Gasteiger partial charge in [0.1, 0.15) is 5.25 Å². The predicted molar refractivity (Wildman–Crippen MR) is 106 cm³/mol. The topological polar surface area (TPSA) is 29.5 Å². The predicted octanol–water partition coefficient (Wildman–Crippen LogP) is 4.53. The van der Waals surface area contributed by atoms with Gasteiger partial charge in [-0.15, -0.1) is 11.8 Å². The van der Waals surface area contributed by atoms with Crippen LogP contribution in [0.2, 0.25) is 0 Å². The lowest BCUT2D eigenvalue weighted by Gasteiger charge is -2.30. The van der Waals surface area contributed by atoms with Gasteiger partial charge in [0.25, 0.3) is 0 Å². The van der Waals surface area contributed by atoms with E-state index in [9.17, 15) is 4.79 Å². The van der Waals surface area contributed by atoms with Crippen molar-refractivity contribution in [1.82, 2.24) is 4.90 Å². The van der Waals surface area contributed by atoms with Gasteiger partial charge >= 0.3 is 0 Å². The summed E-state index contributed by atoms with van der Waals surface area (Å²) in [5.41, 5.74) is 1.04. The summed E-state index contributed by atoms with van der Waals surface area (Å²) in [4.78, 5) is 16.3. The molecule has 1 fully saturated rings. The number of rotatable bonds is 4. The van der Waals surface area contributed by atoms with Crippen LogP contribution in [-0.4, -0.2) is 37.1 Å². The van der Waals surface area contributed by atoms with E-state index in [-0.39, 0.29) is 11.2 Å². The number of hydrogen-bond donors (Lipinski definition) is 0. The van der Waals surface area contributed by atoms with E-state index in [2.05, 4.69) is 30.3 Å². The van der Waals surface area contributed by atoms with Crippen molar-refractivity contribution in [2.24, 2.45) is 0 Å². The first-order chi connectivity index (χ1) is 12.8. The van der Waals surface area contributed by atoms with E-state index >= 15 is 0 Å². The maximum Gasteiger partial charge on any atom is 0.240 e. The quantitative estimate of drug-likeness (QED) is 0.638. The van der Waals surface area contributed by atoms with Crippen molar-refractivity contribution < 1.29 is 9.53 Å². The molecule has 0 N–H and O–H groups in total. The highest BCUT2D eigenvalue weighted by Gasteiger charge is 2.28. The molecule has 1 aliphatic rings. The molecular formula is C22H21NO2S. The lowest BCUT2D eigenvalue weighted by molar-refractivity contribution is -0.134. The summed E-state index contributed by atoms with van der Waals surface area (Å²) in [6.07, 6.45) is 0. The van der Waals surface area contributed by atoms with Crippen molar-refractivity contribution in [3.8, 4) is 0 Å². The molecule has 1 amide bonds. The van der Waals surface area contributed by atoms with Gasteiger partial charge in [-0.25, -0.2) is 0 Å². The smallest absolute Gasteiger partial charge is 0.240 e. The zero-order valence-corrected chi connectivity index (χ0v) is 15.3. The zero-order valence-electron chi connectivity index (χ0n) is 14.5. The molecule has 26 heavy (non-hydrogen) atoms. The number of ether oxygens (including phenoxy) is 1. The summed E-state index contributed by atoms with van der Waals surface area (Å²) in [5, 5.41) is 2.17. The minimum absolute atomic E-state index is 0.164. The second kappa shape index (κ2) is 7.94. The Morgan fingerprint density at radius 3 is 2.35 bits per heavy atom. The number of nitrogens with zero attached hydrogens (tertiary/aromatic N) is 1. The van der Waals surface area contributed by atoms with Gasteiger partial charge in [-0.05, 0) is 28.5 Å². The van der Waals surface area contributed by atoms with Crippen molar-refractivity contribution in [2.45, 2.75) is 10.1 Å². The van der Waals surface area contributed by atoms with Crippen LogP contribution in [0.4, 0.5) is 0 Å². The van der Waals surface area contributed by atoms with Crippen LogP contribution >= 0.6 is 11.8 Å². The average Bonchev–Trinajstić information content (AvgIpc) is 2.73. The molecule has 3 aromatic carbocycles. The van der Waals surface area contributed by atoms with E-state index in [0.717, 1.165) is 10.5 Å². The molecule has 0 unspecified atom stereocenters. The van der Waals surface area contributed by atoms with Crippen LogP contribution in [0.1, 0.15) is 10.8 Å². The third kappa shape index (κ3) is 3.76. The van der Waals surface area contributed by atoms with Crippen LogP contribution in [0.15, 0.2) is 77.7 Å². The highest BCUT2D eigenvalue weighted by atomic mass is 32.2. The molecule has 4 rings (SSSR count). The first kappa shape index (κ1) is 17.1. The fraction of sp³-hybridized carbons (Fsp3) is 0.227. The summed E-state index contributed by atoms with van der Waals surface area (Å²) in [5.74, 6) is 0.164. The number of morpholine rings is 1. The van der Waals surface area contributed by atoms with Crippen LogP contribution in [0.5, 0.6) is 0 Å². The molecule has 1 atom stereocenters. The minimum atomic E-state index is -0.240. The van der Waals surface area contributed by atoms with Crippen molar-refractivity contribution in [2.75, 3.05) is 26.3 Å². The highest BCUT2D eigenvalue weighted by Crippen LogP contribution is 2.38. The largest absolute Gasteiger partial charge is 0.378 e. The van der Waals surface area contributed by atoms with E-state index in [0.29, 0.717) is 26.3 Å². The van der Waals surface area contributed by atoms with Gasteiger partial charge in [0.15, 0.2) is 0 Å². The van der Waals surface area contributed by atoms with Gasteiger partial charge < -0.3 is 9.64 Å². The van der Waals surface area contributed by atoms with Gasteiger partial charge in [0.05, 0.1) is 13.2 Å². The first-order valence-corrected chi connectivity index (χ1v) is 9.76. The molecule has 0 aromatic heterocycles. The van der Waals surface area contributed by atoms with E-state index in [1.807, 2.05) is 47.4 Å². The number of amides is 1. The normalized spacial score (nSPS) is 15.8. The summed E-state index contributed by atoms with van der Waals surface area (Å²) in [7, 11) is 0. The molecule has 3 nitrogen and oxygen atoms in total. The Kier molecular flexibility index (Phi) is 5.23. The zero-order chi connectivity index (χ0) is 17.8. The summed E-state index contributed by atoms with van der Waals surface area (Å²) in [6, 6.07) is 24.8. The number of carbonyl (C=O) groups excluding carboxylic acids is 1. The molecule has 4 heteroatoms. The number of hydrogen-bond acceptors (Lipinski definition) is 3. The standard InChI is InChI=1S/C22H21NO2S/c24-22(23-12-14-25-15-13-23)21(18-7-2-1-3-8-18)26-20-11-10-17-6-4-5-9-19(17)16-20/h1-11,16,21H,12-15H2/t21-/m0/s1. The maximum absolute atomic E-state index is 13.2. The molecule has 3 aromatic rings. The summed E-state index contributed by atoms with van der Waals surface area (Å²) in [6.45, 7) is 2.57. The van der Waals surface area contributed by atoms with Gasteiger partial charge in [0.2, 0.25) is 5.91 Å². The molecular weight excluding hydrogens is 342 g/mol. The SMILES string of the molecule is O=C([C@@H](Sc1ccc2ccccc2c1)c1ccccc1)N1CCOCC1. The van der Waals surface area contributed by atoms with Crippen molar-refractivity contribution in [3.63, 3.8) is 0 Å². The Morgan fingerprint density at radius 1 is 0.885 bits per heavy atom. The van der Waals surface area contributed by atoms with Crippen LogP contribution in [0.25, 0.3) is 10.8 Å². The minimum Gasteiger partial charge on any atom is -0.378 e. The monoisotopic (exact) mass is 363 g/mol. The van der Waals surface area contributed by atoms with E-state index < -0.39 is 0 Å². The summed E-state index contributed by atoms with van der Waals surface area (Å²) >= 11 is 1.63. The third-order valence-electron chi connectivity index (χ3n) is 4.62. The van der Waals surface area contributed by atoms with Crippen molar-refractivity contribution >= 4 is 28.4 Å². The number of benzene rings is 3. The lowest BCUT2D eigenvalue weighted by Crippen LogP contribution is -2.42. The van der Waals surface area contributed by atoms with E-state index in [4.69, 9.17) is 4.74 Å². The Balaban J connectivity index is 1.64. The van der Waals surface area contributed by atoms with Crippen LogP contribution in [-0.2, 0) is 9.53 Å². The Bertz CT molecular complexity index is 891. The second-order valence-electron chi connectivity index (χ2n) is 6.36. The van der Waals surface area contributed by atoms with Gasteiger partial charge in [-0.3, -0.25) is 4.79 Å². The molecule has 0 spiro atoms. The maximum atomic E-state index is 13.2. The lowest BCUT2D eigenvalue weighted by atomic mass is 10.1.